The Hall–Kier alpha value is -2.92. The number of likely N-dealkylation sites (N-methyl/N-ethyl adjacent to an activating group) is 1. The Bertz CT molecular complexity index is 984. The van der Waals surface area contributed by atoms with Crippen LogP contribution in [0.4, 0.5) is 8.78 Å². The fourth-order valence-electron chi connectivity index (χ4n) is 3.28. The molecule has 1 aliphatic heterocycles. The Morgan fingerprint density at radius 1 is 1.00 bits per heavy atom. The number of benzene rings is 2. The van der Waals surface area contributed by atoms with Crippen LogP contribution >= 0.6 is 0 Å². The Labute approximate surface area is 150 Å². The van der Waals surface area contributed by atoms with Crippen LogP contribution < -0.4 is 0 Å². The first-order chi connectivity index (χ1) is 12.6. The summed E-state index contributed by atoms with van der Waals surface area (Å²) in [6.45, 7) is 1.36. The van der Waals surface area contributed by atoms with Gasteiger partial charge in [0.25, 0.3) is 0 Å². The lowest BCUT2D eigenvalue weighted by molar-refractivity contribution is 0.366. The number of fused-ring (bicyclic) bond motifs is 1. The summed E-state index contributed by atoms with van der Waals surface area (Å²) in [5.41, 5.74) is 4.69. The maximum atomic E-state index is 14.4. The molecule has 4 rings (SSSR count). The maximum Gasteiger partial charge on any atom is 0.166 e. The third kappa shape index (κ3) is 3.02. The van der Waals surface area contributed by atoms with Gasteiger partial charge in [-0.25, -0.2) is 8.78 Å². The van der Waals surface area contributed by atoms with Crippen molar-refractivity contribution < 1.29 is 8.78 Å². The zero-order chi connectivity index (χ0) is 18.1. The average molecular weight is 349 g/mol. The predicted octanol–water partition coefficient (Wildman–Crippen LogP) is 4.30. The van der Waals surface area contributed by atoms with Crippen molar-refractivity contribution in [2.45, 2.75) is 6.54 Å². The summed E-state index contributed by atoms with van der Waals surface area (Å²) in [6.07, 6.45) is 3.58. The van der Waals surface area contributed by atoms with Gasteiger partial charge in [-0.1, -0.05) is 30.3 Å². The lowest BCUT2D eigenvalue weighted by atomic mass is 9.92. The molecule has 130 valence electrons. The predicted molar refractivity (Wildman–Crippen MR) is 97.2 cm³/mol. The second-order valence-electron chi connectivity index (χ2n) is 6.40. The molecule has 0 radical (unpaired) electrons. The summed E-state index contributed by atoms with van der Waals surface area (Å²) in [6, 6.07) is 14.0. The first-order valence-corrected chi connectivity index (χ1v) is 8.38. The highest BCUT2D eigenvalue weighted by Gasteiger charge is 2.20. The summed E-state index contributed by atoms with van der Waals surface area (Å²) in [7, 11) is 2.00. The van der Waals surface area contributed by atoms with E-state index in [1.165, 1.54) is 6.07 Å². The van der Waals surface area contributed by atoms with E-state index in [-0.39, 0.29) is 5.56 Å². The van der Waals surface area contributed by atoms with Crippen LogP contribution in [0.1, 0.15) is 16.7 Å². The van der Waals surface area contributed by atoms with Gasteiger partial charge < -0.3 is 0 Å². The molecule has 0 fully saturated rings. The molecule has 26 heavy (non-hydrogen) atoms. The Kier molecular flexibility index (Phi) is 4.31. The molecule has 3 nitrogen and oxygen atoms in total. The molecule has 0 amide bonds. The highest BCUT2D eigenvalue weighted by molar-refractivity contribution is 5.83. The lowest BCUT2D eigenvalue weighted by Crippen LogP contribution is -2.16. The average Bonchev–Trinajstić information content (AvgIpc) is 2.82. The molecule has 5 heteroatoms. The largest absolute Gasteiger partial charge is 0.298 e. The van der Waals surface area contributed by atoms with Crippen molar-refractivity contribution in [2.24, 2.45) is 0 Å². The minimum absolute atomic E-state index is 0.286. The normalized spacial score (nSPS) is 14.5. The van der Waals surface area contributed by atoms with E-state index in [1.807, 2.05) is 43.5 Å². The molecule has 0 aliphatic carbocycles. The van der Waals surface area contributed by atoms with Crippen LogP contribution in [-0.4, -0.2) is 28.7 Å². The summed E-state index contributed by atoms with van der Waals surface area (Å²) in [5.74, 6) is -1.65. The van der Waals surface area contributed by atoms with Gasteiger partial charge in [-0.15, -0.1) is 0 Å². The van der Waals surface area contributed by atoms with Crippen molar-refractivity contribution in [3.63, 3.8) is 0 Å². The molecule has 0 bridgehead atoms. The second kappa shape index (κ2) is 6.77. The monoisotopic (exact) mass is 349 g/mol. The number of rotatable bonds is 2. The van der Waals surface area contributed by atoms with Gasteiger partial charge in [0.15, 0.2) is 11.6 Å². The number of hydrogen-bond donors (Lipinski definition) is 0. The second-order valence-corrected chi connectivity index (χ2v) is 6.40. The van der Waals surface area contributed by atoms with Crippen molar-refractivity contribution in [3.05, 3.63) is 89.1 Å². The Morgan fingerprint density at radius 3 is 2.69 bits per heavy atom. The van der Waals surface area contributed by atoms with Crippen LogP contribution in [-0.2, 0) is 6.54 Å². The molecule has 0 spiro atoms. The van der Waals surface area contributed by atoms with Gasteiger partial charge >= 0.3 is 0 Å². The van der Waals surface area contributed by atoms with Crippen molar-refractivity contribution in [2.75, 3.05) is 13.6 Å². The van der Waals surface area contributed by atoms with Gasteiger partial charge in [-0.05, 0) is 48.0 Å². The molecule has 0 unspecified atom stereocenters. The number of halogens is 2. The molecule has 2 aromatic carbocycles. The molecule has 0 atom stereocenters. The van der Waals surface area contributed by atoms with Crippen LogP contribution in [0.3, 0.4) is 0 Å². The number of aromatic nitrogens is 2. The van der Waals surface area contributed by atoms with E-state index >= 15 is 0 Å². The highest BCUT2D eigenvalue weighted by Crippen LogP contribution is 2.33. The van der Waals surface area contributed by atoms with Crippen LogP contribution in [0.5, 0.6) is 0 Å². The van der Waals surface area contributed by atoms with Gasteiger partial charge in [0.2, 0.25) is 0 Å². The van der Waals surface area contributed by atoms with E-state index < -0.39 is 11.6 Å². The fraction of sp³-hybridized carbons (Fsp3) is 0.143. The Morgan fingerprint density at radius 2 is 1.88 bits per heavy atom. The molecular formula is C21H17F2N3. The van der Waals surface area contributed by atoms with Crippen LogP contribution in [0.25, 0.3) is 16.8 Å². The van der Waals surface area contributed by atoms with Crippen LogP contribution in [0.2, 0.25) is 0 Å². The first kappa shape index (κ1) is 16.5. The molecule has 0 saturated heterocycles. The van der Waals surface area contributed by atoms with E-state index in [0.717, 1.165) is 28.5 Å². The molecule has 0 saturated carbocycles. The van der Waals surface area contributed by atoms with Crippen molar-refractivity contribution in [1.29, 1.82) is 0 Å². The summed E-state index contributed by atoms with van der Waals surface area (Å²) < 4.78 is 28.2. The third-order valence-corrected chi connectivity index (χ3v) is 4.55. The fourth-order valence-corrected chi connectivity index (χ4v) is 3.28. The number of hydrogen-bond acceptors (Lipinski definition) is 3. The number of nitrogens with zero attached hydrogens (tertiary/aromatic N) is 3. The minimum atomic E-state index is -0.835. The van der Waals surface area contributed by atoms with E-state index in [2.05, 4.69) is 15.1 Å². The van der Waals surface area contributed by atoms with E-state index in [9.17, 15) is 8.78 Å². The van der Waals surface area contributed by atoms with Gasteiger partial charge in [-0.3, -0.25) is 4.90 Å². The van der Waals surface area contributed by atoms with Crippen LogP contribution in [0.15, 0.2) is 60.8 Å². The van der Waals surface area contributed by atoms with Crippen molar-refractivity contribution >= 4 is 5.57 Å². The van der Waals surface area contributed by atoms with Crippen molar-refractivity contribution in [1.82, 2.24) is 15.1 Å². The highest BCUT2D eigenvalue weighted by atomic mass is 19.2. The van der Waals surface area contributed by atoms with Gasteiger partial charge in [-0.2, -0.15) is 10.2 Å². The minimum Gasteiger partial charge on any atom is -0.298 e. The summed E-state index contributed by atoms with van der Waals surface area (Å²) in [4.78, 5) is 2.13. The van der Waals surface area contributed by atoms with Gasteiger partial charge in [0, 0.05) is 30.4 Å². The lowest BCUT2D eigenvalue weighted by Gasteiger charge is -2.15. The van der Waals surface area contributed by atoms with Crippen LogP contribution in [0, 0.1) is 11.6 Å². The van der Waals surface area contributed by atoms with Gasteiger partial charge in [0.05, 0.1) is 5.69 Å². The maximum absolute atomic E-state index is 14.4. The quantitative estimate of drug-likeness (QED) is 0.691. The summed E-state index contributed by atoms with van der Waals surface area (Å²) >= 11 is 0. The summed E-state index contributed by atoms with van der Waals surface area (Å²) in [5, 5.41) is 8.08. The SMILES string of the molecule is CN1CC=C(c2cccc(F)c2F)c2ccc(-c3cccnn3)cc2C1. The van der Waals surface area contributed by atoms with E-state index in [0.29, 0.717) is 18.7 Å². The Balaban J connectivity index is 1.86. The molecule has 0 N–H and O–H groups in total. The third-order valence-electron chi connectivity index (χ3n) is 4.55. The van der Waals surface area contributed by atoms with Gasteiger partial charge in [0.1, 0.15) is 0 Å². The zero-order valence-electron chi connectivity index (χ0n) is 14.3. The first-order valence-electron chi connectivity index (χ1n) is 8.38. The smallest absolute Gasteiger partial charge is 0.166 e. The van der Waals surface area contributed by atoms with E-state index in [4.69, 9.17) is 0 Å². The topological polar surface area (TPSA) is 29.0 Å². The zero-order valence-corrected chi connectivity index (χ0v) is 14.3. The molecule has 1 aromatic heterocycles. The molecular weight excluding hydrogens is 332 g/mol. The molecule has 2 heterocycles. The van der Waals surface area contributed by atoms with E-state index in [1.54, 1.807) is 12.3 Å². The molecule has 3 aromatic rings. The van der Waals surface area contributed by atoms with Crippen molar-refractivity contribution in [3.8, 4) is 11.3 Å². The standard InChI is InChI=1S/C21H17F2N3/c1-26-11-9-17(18-4-2-5-19(22)21(18)23)16-8-7-14(12-15(16)13-26)20-6-3-10-24-25-20/h2-10,12H,11,13H2,1H3. The molecule has 1 aliphatic rings.